The van der Waals surface area contributed by atoms with Gasteiger partial charge >= 0.3 is 0 Å². The summed E-state index contributed by atoms with van der Waals surface area (Å²) in [6.45, 7) is 9.71. The van der Waals surface area contributed by atoms with Gasteiger partial charge in [-0.2, -0.15) is 15.8 Å². The molecule has 8 rings (SSSR count). The molecule has 4 aromatic rings. The quantitative estimate of drug-likeness (QED) is 0.0263. The lowest BCUT2D eigenvalue weighted by Crippen LogP contribution is -2.47. The summed E-state index contributed by atoms with van der Waals surface area (Å²) in [6, 6.07) is 25.1. The number of nitrogens with zero attached hydrogens (tertiary/aromatic N) is 5. The van der Waals surface area contributed by atoms with Gasteiger partial charge in [0.05, 0.1) is 83.4 Å². The van der Waals surface area contributed by atoms with E-state index < -0.39 is 23.9 Å². The summed E-state index contributed by atoms with van der Waals surface area (Å²) in [4.78, 5) is 30.7. The predicted octanol–water partition coefficient (Wildman–Crippen LogP) is 9.99. The Morgan fingerprint density at radius 3 is 1.71 bits per heavy atom. The molecule has 450 valence electrons. The van der Waals surface area contributed by atoms with E-state index in [0.717, 1.165) is 79.8 Å². The number of nitrogens with one attached hydrogen (secondary N) is 8. The third kappa shape index (κ3) is 17.6. The molecule has 84 heavy (non-hydrogen) atoms. The van der Waals surface area contributed by atoms with Gasteiger partial charge in [0.15, 0.2) is 0 Å². The van der Waals surface area contributed by atoms with Crippen LogP contribution in [0.5, 0.6) is 23.0 Å². The summed E-state index contributed by atoms with van der Waals surface area (Å²) >= 11 is 13.6. The van der Waals surface area contributed by atoms with E-state index in [1.807, 2.05) is 94.5 Å². The normalized spacial score (nSPS) is 21.6. The molecule has 4 aromatic carbocycles. The lowest BCUT2D eigenvalue weighted by atomic mass is 9.88. The molecular formula is C62H81Cl2N13O7. The van der Waals surface area contributed by atoms with Gasteiger partial charge in [-0.3, -0.25) is 14.9 Å². The zero-order valence-electron chi connectivity index (χ0n) is 48.9. The molecule has 4 heterocycles. The largest absolute Gasteiger partial charge is 0.492 e. The Bertz CT molecular complexity index is 3010. The standard InChI is InChI=1S/C62H81Cl2N13O7/c1-6-80-56-30-50-46(28-52(56)74-58(78)12-9-21-76(3)4)61(40(33-66)35-69-50)72-42-15-17-54(48(63)26-42)83-37-44-11-8-14-60(71-44)82-24-23-77(5)22-10-13-59(79)75-53-29-47-51(31-57(53)81-7-2)70-36-41(34-67)62(47)73-43-16-18-55(49(64)27-43)84-38-45-25-39(32-65)19-20-68-45/h15-18,26-31,39-41,44-45,60-62,68-73H,6-14,19-25,35-38H2,1-5H3,(H,74,78)(H,75,79). The number of benzene rings is 4. The number of ether oxygens (including phenoxy) is 5. The molecule has 8 N–H and O–H groups in total. The molecule has 8 unspecified atom stereocenters. The minimum absolute atomic E-state index is 0.0145. The fourth-order valence-corrected chi connectivity index (χ4v) is 11.5. The van der Waals surface area contributed by atoms with Crippen LogP contribution in [0.25, 0.3) is 0 Å². The molecule has 0 radical (unpaired) electrons. The maximum Gasteiger partial charge on any atom is 0.224 e. The number of likely N-dealkylation sites (N-methyl/N-ethyl adjacent to an activating group) is 1. The summed E-state index contributed by atoms with van der Waals surface area (Å²) in [7, 11) is 5.98. The first-order chi connectivity index (χ1) is 40.7. The van der Waals surface area contributed by atoms with Crippen LogP contribution in [0.4, 0.5) is 34.1 Å². The smallest absolute Gasteiger partial charge is 0.224 e. The second kappa shape index (κ2) is 31.3. The van der Waals surface area contributed by atoms with E-state index in [9.17, 15) is 25.4 Å². The van der Waals surface area contributed by atoms with Crippen molar-refractivity contribution in [3.05, 3.63) is 81.8 Å². The van der Waals surface area contributed by atoms with Crippen molar-refractivity contribution >= 4 is 69.1 Å². The number of hydrogen-bond acceptors (Lipinski definition) is 18. The van der Waals surface area contributed by atoms with Crippen molar-refractivity contribution < 1.29 is 33.3 Å². The third-order valence-electron chi connectivity index (χ3n) is 15.5. The molecule has 4 aliphatic rings. The van der Waals surface area contributed by atoms with E-state index in [-0.39, 0.29) is 42.5 Å². The number of hydrogen-bond donors (Lipinski definition) is 8. The Hall–Kier alpha value is -6.93. The van der Waals surface area contributed by atoms with Crippen molar-refractivity contribution in [2.45, 2.75) is 102 Å². The van der Waals surface area contributed by atoms with Gasteiger partial charge in [-0.15, -0.1) is 0 Å². The first kappa shape index (κ1) is 63.1. The summed E-state index contributed by atoms with van der Waals surface area (Å²) < 4.78 is 30.6. The van der Waals surface area contributed by atoms with E-state index >= 15 is 0 Å². The molecule has 0 bridgehead atoms. The maximum absolute atomic E-state index is 13.5. The molecule has 2 amide bonds. The molecular weight excluding hydrogens is 1110 g/mol. The third-order valence-corrected chi connectivity index (χ3v) is 16.1. The summed E-state index contributed by atoms with van der Waals surface area (Å²) in [5.74, 6) is 1.10. The van der Waals surface area contributed by atoms with Crippen LogP contribution in [0.15, 0.2) is 60.7 Å². The zero-order valence-corrected chi connectivity index (χ0v) is 50.4. The van der Waals surface area contributed by atoms with Crippen LogP contribution in [0.3, 0.4) is 0 Å². The van der Waals surface area contributed by atoms with Gasteiger partial charge in [-0.25, -0.2) is 0 Å². The molecule has 20 nitrogen and oxygen atoms in total. The highest BCUT2D eigenvalue weighted by atomic mass is 35.5. The number of carbonyl (C=O) groups excluding carboxylic acids is 2. The van der Waals surface area contributed by atoms with Gasteiger partial charge in [-0.05, 0) is 148 Å². The van der Waals surface area contributed by atoms with Crippen LogP contribution in [-0.2, 0) is 14.3 Å². The number of amides is 2. The van der Waals surface area contributed by atoms with Crippen LogP contribution < -0.4 is 61.5 Å². The minimum atomic E-state index is -0.437. The van der Waals surface area contributed by atoms with E-state index in [1.54, 1.807) is 6.07 Å². The van der Waals surface area contributed by atoms with Crippen LogP contribution in [0.2, 0.25) is 10.0 Å². The molecule has 0 aromatic heterocycles. The van der Waals surface area contributed by atoms with E-state index in [0.29, 0.717) is 122 Å². The topological polar surface area (TPSA) is 254 Å². The first-order valence-corrected chi connectivity index (χ1v) is 30.2. The van der Waals surface area contributed by atoms with E-state index in [1.165, 1.54) is 0 Å². The predicted molar refractivity (Wildman–Crippen MR) is 329 cm³/mol. The Labute approximate surface area is 504 Å². The van der Waals surface area contributed by atoms with Gasteiger partial charge in [0.1, 0.15) is 42.4 Å². The lowest BCUT2D eigenvalue weighted by Gasteiger charge is -2.33. The van der Waals surface area contributed by atoms with Crippen LogP contribution >= 0.6 is 23.2 Å². The molecule has 0 saturated carbocycles. The molecule has 4 aliphatic heterocycles. The van der Waals surface area contributed by atoms with Gasteiger partial charge in [0.25, 0.3) is 0 Å². The maximum atomic E-state index is 13.5. The monoisotopic (exact) mass is 1190 g/mol. The van der Waals surface area contributed by atoms with Crippen molar-refractivity contribution in [3.8, 4) is 41.2 Å². The van der Waals surface area contributed by atoms with Gasteiger partial charge < -0.3 is 70.7 Å². The average molecular weight is 1190 g/mol. The number of nitriles is 3. The lowest BCUT2D eigenvalue weighted by molar-refractivity contribution is -0.117. The Morgan fingerprint density at radius 1 is 0.655 bits per heavy atom. The summed E-state index contributed by atoms with van der Waals surface area (Å²) in [5, 5.41) is 57.7. The number of halogens is 2. The number of anilines is 6. The highest BCUT2D eigenvalue weighted by Crippen LogP contribution is 2.44. The van der Waals surface area contributed by atoms with Gasteiger partial charge in [0.2, 0.25) is 11.8 Å². The van der Waals surface area contributed by atoms with Crippen molar-refractivity contribution in [1.29, 1.82) is 15.8 Å². The second-order valence-corrected chi connectivity index (χ2v) is 23.0. The fourth-order valence-electron chi connectivity index (χ4n) is 11.1. The Kier molecular flexibility index (Phi) is 23.5. The highest BCUT2D eigenvalue weighted by molar-refractivity contribution is 6.32. The van der Waals surface area contributed by atoms with Crippen molar-refractivity contribution in [1.82, 2.24) is 20.4 Å². The Balaban J connectivity index is 0.777. The SMILES string of the molecule is CCOc1cc2c(cc1NC(=O)CCCN(C)C)C(Nc1ccc(OCC3CCCC(OCCN(C)CCCC(=O)Nc4cc5c(cc4OCC)NCC(C#N)C5Nc4ccc(OCC5CC(C#N)CCN5)c(Cl)c4)N3)c(Cl)c1)C(C#N)CN2. The van der Waals surface area contributed by atoms with Crippen LogP contribution in [0.1, 0.15) is 94.8 Å². The molecule has 8 atom stereocenters. The van der Waals surface area contributed by atoms with Gasteiger partial charge in [0, 0.05) is 96.5 Å². The van der Waals surface area contributed by atoms with Crippen LogP contribution in [0, 0.1) is 51.7 Å². The molecule has 22 heteroatoms. The zero-order chi connectivity index (χ0) is 59.5. The molecule has 2 fully saturated rings. The summed E-state index contributed by atoms with van der Waals surface area (Å²) in [5.41, 5.74) is 5.81. The van der Waals surface area contributed by atoms with Crippen molar-refractivity contribution in [2.75, 3.05) is 125 Å². The van der Waals surface area contributed by atoms with E-state index in [2.05, 4.69) is 65.6 Å². The van der Waals surface area contributed by atoms with Gasteiger partial charge in [-0.1, -0.05) is 23.2 Å². The van der Waals surface area contributed by atoms with Crippen LogP contribution in [-0.4, -0.2) is 133 Å². The highest BCUT2D eigenvalue weighted by Gasteiger charge is 2.34. The minimum Gasteiger partial charge on any atom is -0.492 e. The van der Waals surface area contributed by atoms with Crippen molar-refractivity contribution in [2.24, 2.45) is 17.8 Å². The molecule has 2 saturated heterocycles. The average Bonchev–Trinajstić information content (AvgIpc) is 2.63. The Morgan fingerprint density at radius 2 is 1.20 bits per heavy atom. The first-order valence-electron chi connectivity index (χ1n) is 29.4. The van der Waals surface area contributed by atoms with Crippen molar-refractivity contribution in [3.63, 3.8) is 0 Å². The molecule has 0 spiro atoms. The molecule has 0 aliphatic carbocycles. The second-order valence-electron chi connectivity index (χ2n) is 22.2. The number of fused-ring (bicyclic) bond motifs is 2. The van der Waals surface area contributed by atoms with E-state index in [4.69, 9.17) is 46.9 Å². The number of rotatable bonds is 28. The summed E-state index contributed by atoms with van der Waals surface area (Å²) in [6.07, 6.45) is 6.21. The fraction of sp³-hybridized carbons (Fsp3) is 0.532. The number of carbonyl (C=O) groups is 2. The number of piperidine rings is 2.